The number of hydrogen-bond acceptors (Lipinski definition) is 4. The van der Waals surface area contributed by atoms with Gasteiger partial charge < -0.3 is 9.15 Å². The lowest BCUT2D eigenvalue weighted by Gasteiger charge is -2.49. The molecule has 3 heterocycles. The van der Waals surface area contributed by atoms with Gasteiger partial charge in [0.05, 0.1) is 11.4 Å². The molecular weight excluding hydrogens is 721 g/mol. The molecule has 4 heteroatoms. The van der Waals surface area contributed by atoms with Crippen molar-refractivity contribution in [1.29, 1.82) is 0 Å². The first-order chi connectivity index (χ1) is 33.4. The van der Waals surface area contributed by atoms with E-state index < -0.39 is 55.8 Å². The molecule has 0 bridgehead atoms. The molecule has 0 amide bonds. The summed E-state index contributed by atoms with van der Waals surface area (Å²) in [7, 11) is 0. The second kappa shape index (κ2) is 15.1. The molecule has 3 atom stereocenters. The third-order valence-electron chi connectivity index (χ3n) is 13.4. The van der Waals surface area contributed by atoms with E-state index in [1.807, 2.05) is 38.1 Å². The topological polar surface area (TPSA) is 48.2 Å². The molecule has 9 rings (SSSR count). The summed E-state index contributed by atoms with van der Waals surface area (Å²) < 4.78 is 126. The van der Waals surface area contributed by atoms with Gasteiger partial charge in [0.1, 0.15) is 22.7 Å². The third kappa shape index (κ3) is 7.49. The lowest BCUT2D eigenvalue weighted by molar-refractivity contribution is 0.0289. The van der Waals surface area contributed by atoms with Crippen molar-refractivity contribution in [3.8, 4) is 45.1 Å². The normalized spacial score (nSPS) is 25.6. The number of hydrogen-bond donors (Lipinski definition) is 0. The number of nitrogens with zero attached hydrogens (tertiary/aromatic N) is 2. The Kier molecular flexibility index (Phi) is 6.86. The third-order valence-corrected chi connectivity index (χ3v) is 13.4. The Bertz CT molecular complexity index is 3190. The molecule has 2 aliphatic rings. The average Bonchev–Trinajstić information content (AvgIpc) is 3.66. The van der Waals surface area contributed by atoms with Crippen LogP contribution in [0.4, 0.5) is 0 Å². The number of aromatic nitrogens is 2. The van der Waals surface area contributed by atoms with Crippen molar-refractivity contribution in [2.24, 2.45) is 22.6 Å². The molecule has 4 aromatic carbocycles. The minimum Gasteiger partial charge on any atom is -0.457 e. The SMILES string of the molecule is [2H]C([2H])([2H])c1cnc(-c2cc(Oc3cc(-c4cc(C5CCC(C)(C6([2H])CCC(C)(C)CC6)CC5C([2H])([2H])[2H])c(C)cn4)c4oc5cc(C)ccc5c4c3)c(C([2H])([2H])[2H])c(-c3ccccc3)c2)cc1C([2H])([2H])[2H]. The summed E-state index contributed by atoms with van der Waals surface area (Å²) in [6, 6.07) is 24.5. The van der Waals surface area contributed by atoms with Gasteiger partial charge in [-0.05, 0) is 195 Å². The van der Waals surface area contributed by atoms with E-state index in [9.17, 15) is 1.37 Å². The van der Waals surface area contributed by atoms with Crippen LogP contribution in [0.15, 0.2) is 102 Å². The van der Waals surface area contributed by atoms with Crippen LogP contribution in [0.25, 0.3) is 55.6 Å². The smallest absolute Gasteiger partial charge is 0.145 e. The summed E-state index contributed by atoms with van der Waals surface area (Å²) in [5.74, 6) is -1.62. The van der Waals surface area contributed by atoms with Crippen molar-refractivity contribution >= 4 is 21.9 Å². The van der Waals surface area contributed by atoms with Gasteiger partial charge in [0.2, 0.25) is 0 Å². The molecule has 3 unspecified atom stereocenters. The quantitative estimate of drug-likeness (QED) is 0.161. The van der Waals surface area contributed by atoms with E-state index in [2.05, 4.69) is 25.8 Å². The summed E-state index contributed by atoms with van der Waals surface area (Å²) in [5.41, 5.74) is 4.72. The second-order valence-corrected chi connectivity index (χ2v) is 18.1. The van der Waals surface area contributed by atoms with Crippen molar-refractivity contribution in [2.75, 3.05) is 0 Å². The van der Waals surface area contributed by atoms with Gasteiger partial charge in [-0.3, -0.25) is 9.97 Å². The Morgan fingerprint density at radius 1 is 0.729 bits per heavy atom. The molecule has 2 saturated carbocycles. The lowest BCUT2D eigenvalue weighted by atomic mass is 9.56. The highest BCUT2D eigenvalue weighted by atomic mass is 16.5. The average molecular weight is 794 g/mol. The lowest BCUT2D eigenvalue weighted by Crippen LogP contribution is -2.38. The summed E-state index contributed by atoms with van der Waals surface area (Å²) in [6.07, 6.45) is 7.86. The van der Waals surface area contributed by atoms with Crippen molar-refractivity contribution in [3.05, 3.63) is 131 Å². The summed E-state index contributed by atoms with van der Waals surface area (Å²) in [4.78, 5) is 9.39. The van der Waals surface area contributed by atoms with Crippen molar-refractivity contribution < 1.29 is 27.0 Å². The number of benzene rings is 4. The molecule has 0 spiro atoms. The van der Waals surface area contributed by atoms with E-state index in [4.69, 9.17) is 30.6 Å². The monoisotopic (exact) mass is 794 g/mol. The van der Waals surface area contributed by atoms with E-state index in [1.165, 1.54) is 12.1 Å². The fourth-order valence-electron chi connectivity index (χ4n) is 9.65. The maximum atomic E-state index is 9.81. The van der Waals surface area contributed by atoms with Gasteiger partial charge >= 0.3 is 0 Å². The fourth-order valence-corrected chi connectivity index (χ4v) is 9.65. The Morgan fingerprint density at radius 2 is 1.53 bits per heavy atom. The summed E-state index contributed by atoms with van der Waals surface area (Å²) >= 11 is 0. The Morgan fingerprint density at radius 3 is 2.31 bits per heavy atom. The Balaban J connectivity index is 1.21. The van der Waals surface area contributed by atoms with Gasteiger partial charge in [0.25, 0.3) is 0 Å². The van der Waals surface area contributed by atoms with E-state index in [0.717, 1.165) is 54.0 Å². The zero-order chi connectivity index (χ0) is 52.1. The molecular formula is C55H60N2O2. The molecule has 59 heavy (non-hydrogen) atoms. The zero-order valence-corrected chi connectivity index (χ0v) is 34.6. The van der Waals surface area contributed by atoms with Gasteiger partial charge in [0.15, 0.2) is 0 Å². The second-order valence-electron chi connectivity index (χ2n) is 18.1. The van der Waals surface area contributed by atoms with E-state index >= 15 is 0 Å². The molecule has 0 radical (unpaired) electrons. The fraction of sp³-hybridized carbons (Fsp3) is 0.382. The number of pyridine rings is 2. The first kappa shape index (κ1) is 26.8. The van der Waals surface area contributed by atoms with Crippen LogP contribution >= 0.6 is 0 Å². The molecule has 0 aliphatic heterocycles. The molecule has 0 N–H and O–H groups in total. The van der Waals surface area contributed by atoms with E-state index in [1.54, 1.807) is 54.7 Å². The molecule has 4 nitrogen and oxygen atoms in total. The Labute approximate surface area is 369 Å². The Hall–Kier alpha value is -5.22. The first-order valence-corrected chi connectivity index (χ1v) is 20.8. The van der Waals surface area contributed by atoms with Crippen LogP contribution in [-0.4, -0.2) is 9.97 Å². The van der Waals surface area contributed by atoms with Crippen LogP contribution in [-0.2, 0) is 0 Å². The highest BCUT2D eigenvalue weighted by Crippen LogP contribution is 2.56. The summed E-state index contributed by atoms with van der Waals surface area (Å²) in [5, 5.41) is 1.43. The minimum absolute atomic E-state index is 0.0746. The summed E-state index contributed by atoms with van der Waals surface area (Å²) in [6.45, 7) is -0.0640. The maximum Gasteiger partial charge on any atom is 0.145 e. The van der Waals surface area contributed by atoms with Gasteiger partial charge in [0, 0.05) is 52.1 Å². The molecule has 3 aromatic heterocycles. The number of aryl methyl sites for hydroxylation is 4. The van der Waals surface area contributed by atoms with Crippen LogP contribution < -0.4 is 4.74 Å². The van der Waals surface area contributed by atoms with Crippen LogP contribution in [0.2, 0.25) is 0 Å². The number of ether oxygens (including phenoxy) is 1. The molecule has 302 valence electrons. The maximum absolute atomic E-state index is 9.81. The highest BCUT2D eigenvalue weighted by Gasteiger charge is 2.44. The highest BCUT2D eigenvalue weighted by molar-refractivity contribution is 6.10. The largest absolute Gasteiger partial charge is 0.457 e. The van der Waals surface area contributed by atoms with Crippen molar-refractivity contribution in [3.63, 3.8) is 0 Å². The standard InChI is InChI=1S/C55H60N2O2/c1-33-15-16-44-47-27-42(58-51-26-40(49-24-34(2)36(4)31-56-49)25-46(38(51)6)39-13-11-10-12-14-39)28-48(53(47)59-52(44)23-33)50-29-45(37(5)32-57-50)43-19-22-55(9,30-35(43)3)41-17-20-54(7,8)21-18-41/h10-16,23-29,31-32,35,41,43H,17-22,30H2,1-9H3/i2D3,3D3,4D3,6D3,41D. The number of rotatable bonds is 7. The predicted molar refractivity (Wildman–Crippen MR) is 245 cm³/mol. The van der Waals surface area contributed by atoms with Crippen LogP contribution in [0.1, 0.15) is 130 Å². The van der Waals surface area contributed by atoms with E-state index in [-0.39, 0.29) is 45.2 Å². The molecule has 2 aliphatic carbocycles. The van der Waals surface area contributed by atoms with Gasteiger partial charge in [-0.2, -0.15) is 0 Å². The van der Waals surface area contributed by atoms with Crippen molar-refractivity contribution in [2.45, 2.75) is 113 Å². The number of furan rings is 1. The van der Waals surface area contributed by atoms with Gasteiger partial charge in [-0.15, -0.1) is 0 Å². The van der Waals surface area contributed by atoms with Crippen LogP contribution in [0, 0.1) is 57.0 Å². The van der Waals surface area contributed by atoms with Crippen LogP contribution in [0.5, 0.6) is 11.5 Å². The predicted octanol–water partition coefficient (Wildman–Crippen LogP) is 15.8. The number of fused-ring (bicyclic) bond motifs is 3. The zero-order valence-electron chi connectivity index (χ0n) is 47.6. The molecule has 7 aromatic rings. The molecule has 0 saturated heterocycles. The van der Waals surface area contributed by atoms with Gasteiger partial charge in [-0.25, -0.2) is 0 Å². The van der Waals surface area contributed by atoms with E-state index in [0.29, 0.717) is 52.6 Å². The minimum atomic E-state index is -2.81. The van der Waals surface area contributed by atoms with Gasteiger partial charge in [-0.1, -0.05) is 70.1 Å². The van der Waals surface area contributed by atoms with Crippen LogP contribution in [0.3, 0.4) is 0 Å². The molecule has 2 fully saturated rings. The van der Waals surface area contributed by atoms with Crippen molar-refractivity contribution in [1.82, 2.24) is 9.97 Å². The first-order valence-electron chi connectivity index (χ1n) is 27.3.